The summed E-state index contributed by atoms with van der Waals surface area (Å²) < 4.78 is 10.1. The molecule has 1 amide bonds. The molecule has 0 atom stereocenters. The van der Waals surface area contributed by atoms with Crippen molar-refractivity contribution in [1.82, 2.24) is 0 Å². The molecule has 0 saturated carbocycles. The number of anilines is 1. The second-order valence-electron chi connectivity index (χ2n) is 4.09. The van der Waals surface area contributed by atoms with E-state index in [1.165, 1.54) is 0 Å². The molecule has 1 saturated heterocycles. The van der Waals surface area contributed by atoms with Crippen molar-refractivity contribution in [1.29, 1.82) is 0 Å². The average molecular weight is 237 g/mol. The van der Waals surface area contributed by atoms with E-state index in [-0.39, 0.29) is 25.7 Å². The van der Waals surface area contributed by atoms with Crippen LogP contribution in [0.4, 0.5) is 5.69 Å². The van der Waals surface area contributed by atoms with Crippen molar-refractivity contribution >= 4 is 11.6 Å². The SMILES string of the molecule is COc1ccccc1NC(=O)C1(CO)COC1. The van der Waals surface area contributed by atoms with Gasteiger partial charge in [-0.15, -0.1) is 0 Å². The number of rotatable bonds is 4. The van der Waals surface area contributed by atoms with Gasteiger partial charge in [0, 0.05) is 0 Å². The summed E-state index contributed by atoms with van der Waals surface area (Å²) in [6.45, 7) is 0.295. The normalized spacial score (nSPS) is 17.1. The van der Waals surface area contributed by atoms with Crippen molar-refractivity contribution in [2.24, 2.45) is 5.41 Å². The third-order valence-corrected chi connectivity index (χ3v) is 2.90. The fraction of sp³-hybridized carbons (Fsp3) is 0.417. The fourth-order valence-corrected chi connectivity index (χ4v) is 1.65. The predicted molar refractivity (Wildman–Crippen MR) is 62.0 cm³/mol. The van der Waals surface area contributed by atoms with E-state index in [0.29, 0.717) is 11.4 Å². The summed E-state index contributed by atoms with van der Waals surface area (Å²) in [5, 5.41) is 12.0. The van der Waals surface area contributed by atoms with Crippen LogP contribution in [0.25, 0.3) is 0 Å². The summed E-state index contributed by atoms with van der Waals surface area (Å²) in [6.07, 6.45) is 0. The zero-order chi connectivity index (χ0) is 12.3. The summed E-state index contributed by atoms with van der Waals surface area (Å²) in [5.74, 6) is 0.352. The minimum atomic E-state index is -0.805. The molecule has 0 radical (unpaired) electrons. The number of para-hydroxylation sites is 2. The first-order valence-corrected chi connectivity index (χ1v) is 5.35. The molecule has 92 valence electrons. The van der Waals surface area contributed by atoms with Crippen molar-refractivity contribution < 1.29 is 19.4 Å². The van der Waals surface area contributed by atoms with Gasteiger partial charge in [-0.2, -0.15) is 0 Å². The Hall–Kier alpha value is -1.59. The number of benzene rings is 1. The van der Waals surface area contributed by atoms with E-state index >= 15 is 0 Å². The van der Waals surface area contributed by atoms with Gasteiger partial charge in [-0.1, -0.05) is 12.1 Å². The van der Waals surface area contributed by atoms with Crippen LogP contribution in [0.2, 0.25) is 0 Å². The highest BCUT2D eigenvalue weighted by molar-refractivity contribution is 5.97. The monoisotopic (exact) mass is 237 g/mol. The highest BCUT2D eigenvalue weighted by atomic mass is 16.5. The summed E-state index contributed by atoms with van der Waals surface area (Å²) in [5.41, 5.74) is -0.208. The highest BCUT2D eigenvalue weighted by Crippen LogP contribution is 2.30. The van der Waals surface area contributed by atoms with Gasteiger partial charge >= 0.3 is 0 Å². The lowest BCUT2D eigenvalue weighted by molar-refractivity contribution is -0.164. The number of amides is 1. The molecule has 2 rings (SSSR count). The maximum absolute atomic E-state index is 12.0. The van der Waals surface area contributed by atoms with Crippen molar-refractivity contribution in [2.45, 2.75) is 0 Å². The number of methoxy groups -OCH3 is 1. The minimum absolute atomic E-state index is 0.214. The minimum Gasteiger partial charge on any atom is -0.495 e. The van der Waals surface area contributed by atoms with Crippen molar-refractivity contribution in [2.75, 3.05) is 32.2 Å². The summed E-state index contributed by atoms with van der Waals surface area (Å²) in [4.78, 5) is 12.0. The van der Waals surface area contributed by atoms with Gasteiger partial charge in [0.1, 0.15) is 11.2 Å². The first-order chi connectivity index (χ1) is 8.22. The first kappa shape index (κ1) is 11.9. The van der Waals surface area contributed by atoms with Crippen LogP contribution in [-0.2, 0) is 9.53 Å². The standard InChI is InChI=1S/C12H15NO4/c1-16-10-5-3-2-4-9(10)13-11(15)12(6-14)7-17-8-12/h2-5,14H,6-8H2,1H3,(H,13,15). The molecule has 2 N–H and O–H groups in total. The van der Waals surface area contributed by atoms with Crippen molar-refractivity contribution in [3.05, 3.63) is 24.3 Å². The zero-order valence-electron chi connectivity index (χ0n) is 9.60. The Morgan fingerprint density at radius 1 is 1.53 bits per heavy atom. The molecule has 1 aliphatic heterocycles. The molecule has 0 unspecified atom stereocenters. The van der Waals surface area contributed by atoms with Gasteiger partial charge < -0.3 is 19.9 Å². The summed E-state index contributed by atoms with van der Waals surface area (Å²) >= 11 is 0. The van der Waals surface area contributed by atoms with E-state index in [4.69, 9.17) is 9.47 Å². The molecule has 0 bridgehead atoms. The molecule has 1 aromatic rings. The number of nitrogens with one attached hydrogen (secondary N) is 1. The number of aliphatic hydroxyl groups excluding tert-OH is 1. The lowest BCUT2D eigenvalue weighted by atomic mass is 9.86. The van der Waals surface area contributed by atoms with E-state index in [0.717, 1.165) is 0 Å². The number of hydrogen-bond donors (Lipinski definition) is 2. The lowest BCUT2D eigenvalue weighted by Gasteiger charge is -2.38. The number of carbonyl (C=O) groups is 1. The van der Waals surface area contributed by atoms with Gasteiger partial charge in [0.15, 0.2) is 0 Å². The van der Waals surface area contributed by atoms with Crippen LogP contribution in [0, 0.1) is 5.41 Å². The first-order valence-electron chi connectivity index (χ1n) is 5.35. The van der Waals surface area contributed by atoms with E-state index < -0.39 is 5.41 Å². The molecule has 0 spiro atoms. The molecular formula is C12H15NO4. The largest absolute Gasteiger partial charge is 0.495 e. The fourth-order valence-electron chi connectivity index (χ4n) is 1.65. The molecule has 17 heavy (non-hydrogen) atoms. The van der Waals surface area contributed by atoms with E-state index in [1.54, 1.807) is 25.3 Å². The number of ether oxygens (including phenoxy) is 2. The van der Waals surface area contributed by atoms with Crippen LogP contribution < -0.4 is 10.1 Å². The van der Waals surface area contributed by atoms with Crippen LogP contribution >= 0.6 is 0 Å². The quantitative estimate of drug-likeness (QED) is 0.806. The Bertz CT molecular complexity index is 409. The molecule has 0 aromatic heterocycles. The Labute approximate surface area is 99.3 Å². The molecule has 1 heterocycles. The molecule has 1 aliphatic rings. The maximum atomic E-state index is 12.0. The second kappa shape index (κ2) is 4.73. The van der Waals surface area contributed by atoms with Crippen molar-refractivity contribution in [3.8, 4) is 5.75 Å². The molecule has 1 fully saturated rings. The Morgan fingerprint density at radius 3 is 2.76 bits per heavy atom. The van der Waals surface area contributed by atoms with Crippen LogP contribution in [0.5, 0.6) is 5.75 Å². The highest BCUT2D eigenvalue weighted by Gasteiger charge is 2.45. The van der Waals surface area contributed by atoms with E-state index in [9.17, 15) is 9.90 Å². The smallest absolute Gasteiger partial charge is 0.237 e. The predicted octanol–water partition coefficient (Wildman–Crippen LogP) is 0.643. The Morgan fingerprint density at radius 2 is 2.24 bits per heavy atom. The van der Waals surface area contributed by atoms with Crippen LogP contribution in [0.3, 0.4) is 0 Å². The third-order valence-electron chi connectivity index (χ3n) is 2.90. The summed E-state index contributed by atoms with van der Waals surface area (Å²) in [6, 6.07) is 7.14. The third kappa shape index (κ3) is 2.11. The Kier molecular flexibility index (Phi) is 3.31. The lowest BCUT2D eigenvalue weighted by Crippen LogP contribution is -2.54. The van der Waals surface area contributed by atoms with Gasteiger partial charge in [-0.25, -0.2) is 0 Å². The average Bonchev–Trinajstić information content (AvgIpc) is 2.29. The van der Waals surface area contributed by atoms with Crippen LogP contribution in [0.15, 0.2) is 24.3 Å². The topological polar surface area (TPSA) is 67.8 Å². The zero-order valence-corrected chi connectivity index (χ0v) is 9.60. The molecular weight excluding hydrogens is 222 g/mol. The maximum Gasteiger partial charge on any atom is 0.237 e. The van der Waals surface area contributed by atoms with Gasteiger partial charge in [0.2, 0.25) is 5.91 Å². The second-order valence-corrected chi connectivity index (χ2v) is 4.09. The van der Waals surface area contributed by atoms with E-state index in [1.807, 2.05) is 6.07 Å². The van der Waals surface area contributed by atoms with Crippen LogP contribution in [0.1, 0.15) is 0 Å². The van der Waals surface area contributed by atoms with Crippen LogP contribution in [-0.4, -0.2) is 37.9 Å². The van der Waals surface area contributed by atoms with Gasteiger partial charge in [-0.3, -0.25) is 4.79 Å². The number of aliphatic hydroxyl groups is 1. The number of hydrogen-bond acceptors (Lipinski definition) is 4. The summed E-state index contributed by atoms with van der Waals surface area (Å²) in [7, 11) is 1.54. The number of carbonyl (C=O) groups excluding carboxylic acids is 1. The molecule has 1 aromatic carbocycles. The molecule has 0 aliphatic carbocycles. The van der Waals surface area contributed by atoms with Crippen molar-refractivity contribution in [3.63, 3.8) is 0 Å². The Balaban J connectivity index is 2.12. The molecule has 5 nitrogen and oxygen atoms in total. The van der Waals surface area contributed by atoms with E-state index in [2.05, 4.69) is 5.32 Å². The van der Waals surface area contributed by atoms with Gasteiger partial charge in [0.05, 0.1) is 32.6 Å². The van der Waals surface area contributed by atoms with Gasteiger partial charge in [0.25, 0.3) is 0 Å². The molecule has 5 heteroatoms. The van der Waals surface area contributed by atoms with Gasteiger partial charge in [-0.05, 0) is 12.1 Å².